The second kappa shape index (κ2) is 41.0. The van der Waals surface area contributed by atoms with Gasteiger partial charge in [-0.25, -0.2) is 0 Å². The number of rotatable bonds is 43. The lowest BCUT2D eigenvalue weighted by Gasteiger charge is -2.40. The van der Waals surface area contributed by atoms with Crippen LogP contribution in [-0.2, 0) is 14.3 Å². The van der Waals surface area contributed by atoms with Gasteiger partial charge in [-0.1, -0.05) is 212 Å². The Hall–Kier alpha value is -1.07. The number of nitrogens with one attached hydrogen (secondary N) is 1. The van der Waals surface area contributed by atoms with E-state index in [0.29, 0.717) is 12.8 Å². The average Bonchev–Trinajstić information content (AvgIpc) is 3.23. The van der Waals surface area contributed by atoms with E-state index in [1.165, 1.54) is 180 Å². The molecule has 1 aliphatic heterocycles. The molecule has 0 bridgehead atoms. The number of ether oxygens (including phenoxy) is 2. The Bertz CT molecular complexity index is 935. The first kappa shape index (κ1) is 55.9. The fraction of sp³-hybridized carbons (Fsp3) is 0.940. The Morgan fingerprint density at radius 3 is 1.37 bits per heavy atom. The van der Waals surface area contributed by atoms with Crippen LogP contribution < -0.4 is 5.32 Å². The molecule has 6 N–H and O–H groups in total. The molecule has 7 unspecified atom stereocenters. The predicted octanol–water partition coefficient (Wildman–Crippen LogP) is 11.3. The van der Waals surface area contributed by atoms with E-state index in [1.807, 2.05) is 0 Å². The van der Waals surface area contributed by atoms with Crippen molar-refractivity contribution in [1.82, 2.24) is 5.32 Å². The van der Waals surface area contributed by atoms with Gasteiger partial charge >= 0.3 is 0 Å². The summed E-state index contributed by atoms with van der Waals surface area (Å²) in [6, 6.07) is -0.714. The second-order valence-corrected chi connectivity index (χ2v) is 18.0. The number of carbonyl (C=O) groups is 1. The number of hydrogen-bond donors (Lipinski definition) is 6. The van der Waals surface area contributed by atoms with Crippen molar-refractivity contribution in [3.8, 4) is 0 Å². The zero-order chi connectivity index (χ0) is 43.0. The number of aliphatic hydroxyl groups is 5. The molecule has 9 heteroatoms. The summed E-state index contributed by atoms with van der Waals surface area (Å²) in [6.07, 6.45) is 40.9. The molecule has 0 radical (unpaired) electrons. The topological polar surface area (TPSA) is 149 Å². The van der Waals surface area contributed by atoms with Crippen molar-refractivity contribution in [3.05, 3.63) is 12.2 Å². The molecule has 1 rings (SSSR count). The fourth-order valence-corrected chi connectivity index (χ4v) is 8.27. The zero-order valence-corrected chi connectivity index (χ0v) is 38.5. The van der Waals surface area contributed by atoms with Crippen molar-refractivity contribution in [1.29, 1.82) is 0 Å². The average molecular weight is 840 g/mol. The lowest BCUT2D eigenvalue weighted by Crippen LogP contribution is -2.60. The van der Waals surface area contributed by atoms with Gasteiger partial charge in [0.25, 0.3) is 0 Å². The summed E-state index contributed by atoms with van der Waals surface area (Å²) in [5.41, 5.74) is 0. The maximum Gasteiger partial charge on any atom is 0.220 e. The van der Waals surface area contributed by atoms with Gasteiger partial charge in [0.1, 0.15) is 24.4 Å². The van der Waals surface area contributed by atoms with Crippen molar-refractivity contribution in [2.45, 2.75) is 288 Å². The minimum absolute atomic E-state index is 0.134. The lowest BCUT2D eigenvalue weighted by molar-refractivity contribution is -0.302. The SMILES string of the molecule is CCCCCCCCCC/C=C\CCCCCCCCCCCCCCCC(=O)NC(COC1OC(CO)C(O)C(O)C1O)C(O)CCCCCCCCCCCCC. The normalized spacial score (nSPS) is 20.7. The van der Waals surface area contributed by atoms with Crippen molar-refractivity contribution in [2.75, 3.05) is 13.2 Å². The fourth-order valence-electron chi connectivity index (χ4n) is 8.27. The van der Waals surface area contributed by atoms with Crippen molar-refractivity contribution in [3.63, 3.8) is 0 Å². The van der Waals surface area contributed by atoms with Crippen LogP contribution in [0.3, 0.4) is 0 Å². The van der Waals surface area contributed by atoms with E-state index in [9.17, 15) is 30.3 Å². The van der Waals surface area contributed by atoms with Gasteiger partial charge in [-0.2, -0.15) is 0 Å². The largest absolute Gasteiger partial charge is 0.394 e. The first-order valence-corrected chi connectivity index (χ1v) is 25.4. The number of amides is 1. The van der Waals surface area contributed by atoms with Crippen LogP contribution in [0.4, 0.5) is 0 Å². The van der Waals surface area contributed by atoms with Crippen LogP contribution in [0, 0.1) is 0 Å². The van der Waals surface area contributed by atoms with Gasteiger partial charge in [0.2, 0.25) is 5.91 Å². The van der Waals surface area contributed by atoms with Gasteiger partial charge in [-0.05, 0) is 38.5 Å². The molecule has 0 aromatic carbocycles. The molecular weight excluding hydrogens is 743 g/mol. The number of hydrogen-bond acceptors (Lipinski definition) is 8. The number of unbranched alkanes of at least 4 members (excludes halogenated alkanes) is 31. The van der Waals surface area contributed by atoms with Crippen molar-refractivity contribution >= 4 is 5.91 Å². The van der Waals surface area contributed by atoms with Gasteiger partial charge in [-0.3, -0.25) is 4.79 Å². The highest BCUT2D eigenvalue weighted by Crippen LogP contribution is 2.23. The third-order valence-electron chi connectivity index (χ3n) is 12.4. The van der Waals surface area contributed by atoms with Gasteiger partial charge in [0.15, 0.2) is 6.29 Å². The van der Waals surface area contributed by atoms with E-state index in [0.717, 1.165) is 38.5 Å². The summed E-state index contributed by atoms with van der Waals surface area (Å²) in [4.78, 5) is 13.0. The Morgan fingerprint density at radius 1 is 0.559 bits per heavy atom. The van der Waals surface area contributed by atoms with Crippen LogP contribution in [0.5, 0.6) is 0 Å². The van der Waals surface area contributed by atoms with E-state index in [2.05, 4.69) is 31.3 Å². The molecule has 1 heterocycles. The van der Waals surface area contributed by atoms with Crippen LogP contribution in [0.2, 0.25) is 0 Å². The molecule has 1 aliphatic rings. The van der Waals surface area contributed by atoms with Crippen LogP contribution in [0.1, 0.15) is 245 Å². The Morgan fingerprint density at radius 2 is 0.949 bits per heavy atom. The van der Waals surface area contributed by atoms with Gasteiger partial charge < -0.3 is 40.3 Å². The first-order chi connectivity index (χ1) is 28.8. The molecule has 59 heavy (non-hydrogen) atoms. The van der Waals surface area contributed by atoms with Crippen LogP contribution in [-0.4, -0.2) is 87.5 Å². The molecule has 0 aliphatic carbocycles. The molecule has 1 amide bonds. The van der Waals surface area contributed by atoms with E-state index in [1.54, 1.807) is 0 Å². The standard InChI is InChI=1S/C50H97NO8/c1-3-5-7-9-11-13-15-16-17-18-19-20-21-22-23-24-25-26-27-28-30-32-34-36-38-40-46(54)51-43(42-58-50-49(57)48(56)47(55)45(41-52)59-50)44(53)39-37-35-33-31-29-14-12-10-8-6-4-2/h18-19,43-45,47-50,52-53,55-57H,3-17,20-42H2,1-2H3,(H,51,54)/b19-18-. The maximum absolute atomic E-state index is 13.0. The van der Waals surface area contributed by atoms with E-state index < -0.39 is 49.5 Å². The molecule has 9 nitrogen and oxygen atoms in total. The Kier molecular flexibility index (Phi) is 38.9. The van der Waals surface area contributed by atoms with E-state index in [-0.39, 0.29) is 12.5 Å². The molecule has 350 valence electrons. The summed E-state index contributed by atoms with van der Waals surface area (Å²) in [6.45, 7) is 3.84. The van der Waals surface area contributed by atoms with Gasteiger partial charge in [0, 0.05) is 6.42 Å². The number of allylic oxidation sites excluding steroid dienone is 2. The van der Waals surface area contributed by atoms with Gasteiger partial charge in [-0.15, -0.1) is 0 Å². The molecule has 7 atom stereocenters. The Labute approximate surface area is 363 Å². The second-order valence-electron chi connectivity index (χ2n) is 18.0. The third-order valence-corrected chi connectivity index (χ3v) is 12.4. The van der Waals surface area contributed by atoms with Crippen molar-refractivity contribution < 1.29 is 39.8 Å². The summed E-state index contributed by atoms with van der Waals surface area (Å²) in [7, 11) is 0. The monoisotopic (exact) mass is 840 g/mol. The molecular formula is C50H97NO8. The lowest BCUT2D eigenvalue weighted by atomic mass is 9.99. The molecule has 0 spiro atoms. The highest BCUT2D eigenvalue weighted by atomic mass is 16.7. The third kappa shape index (κ3) is 31.4. The number of aliphatic hydroxyl groups excluding tert-OH is 5. The van der Waals surface area contributed by atoms with Gasteiger partial charge in [0.05, 0.1) is 25.4 Å². The quantitative estimate of drug-likeness (QED) is 0.0263. The van der Waals surface area contributed by atoms with Crippen LogP contribution in [0.25, 0.3) is 0 Å². The van der Waals surface area contributed by atoms with E-state index >= 15 is 0 Å². The summed E-state index contributed by atoms with van der Waals surface area (Å²) in [5.74, 6) is -0.143. The smallest absolute Gasteiger partial charge is 0.220 e. The first-order valence-electron chi connectivity index (χ1n) is 25.4. The Balaban J connectivity index is 2.18. The molecule has 0 aromatic rings. The highest BCUT2D eigenvalue weighted by molar-refractivity contribution is 5.76. The number of carbonyl (C=O) groups excluding carboxylic acids is 1. The van der Waals surface area contributed by atoms with Crippen LogP contribution >= 0.6 is 0 Å². The molecule has 1 saturated heterocycles. The van der Waals surface area contributed by atoms with E-state index in [4.69, 9.17) is 9.47 Å². The summed E-state index contributed by atoms with van der Waals surface area (Å²) < 4.78 is 11.3. The highest BCUT2D eigenvalue weighted by Gasteiger charge is 2.44. The van der Waals surface area contributed by atoms with Crippen LogP contribution in [0.15, 0.2) is 12.2 Å². The van der Waals surface area contributed by atoms with Crippen molar-refractivity contribution in [2.24, 2.45) is 0 Å². The molecule has 0 saturated carbocycles. The summed E-state index contributed by atoms with van der Waals surface area (Å²) in [5, 5.41) is 54.3. The molecule has 1 fully saturated rings. The predicted molar refractivity (Wildman–Crippen MR) is 244 cm³/mol. The minimum Gasteiger partial charge on any atom is -0.394 e. The maximum atomic E-state index is 13.0. The molecule has 0 aromatic heterocycles. The zero-order valence-electron chi connectivity index (χ0n) is 38.5. The summed E-state index contributed by atoms with van der Waals surface area (Å²) >= 11 is 0. The minimum atomic E-state index is -1.55.